The van der Waals surface area contributed by atoms with E-state index in [-0.39, 0.29) is 16.9 Å². The maximum atomic E-state index is 14.6. The van der Waals surface area contributed by atoms with Gasteiger partial charge in [0, 0.05) is 12.2 Å². The van der Waals surface area contributed by atoms with E-state index in [2.05, 4.69) is 133 Å². The second kappa shape index (κ2) is 15.9. The number of ether oxygens (including phenoxy) is 2. The quantitative estimate of drug-likeness (QED) is 0.0700. The van der Waals surface area contributed by atoms with Gasteiger partial charge in [-0.3, -0.25) is 4.79 Å². The fourth-order valence-corrected chi connectivity index (χ4v) is 17.3. The highest BCUT2D eigenvalue weighted by Crippen LogP contribution is 2.65. The molecule has 0 saturated carbocycles. The Bertz CT molecular complexity index is 1560. The molecule has 2 saturated heterocycles. The lowest BCUT2D eigenvalue weighted by atomic mass is 9.61. The largest absolute Gasteiger partial charge is 0.546 e. The van der Waals surface area contributed by atoms with E-state index in [0.717, 1.165) is 48.7 Å². The lowest BCUT2D eigenvalue weighted by Gasteiger charge is -2.51. The second-order valence-corrected chi connectivity index (χ2v) is 25.8. The maximum Gasteiger partial charge on any atom is 0.319 e. The number of allylic oxidation sites excluding steroid dienone is 4. The van der Waals surface area contributed by atoms with Crippen LogP contribution in [0.1, 0.15) is 99.8 Å². The molecule has 0 aromatic heterocycles. The molecule has 6 rings (SSSR count). The van der Waals surface area contributed by atoms with Gasteiger partial charge >= 0.3 is 5.97 Å². The molecule has 0 unspecified atom stereocenters. The van der Waals surface area contributed by atoms with Gasteiger partial charge in [-0.1, -0.05) is 133 Å². The van der Waals surface area contributed by atoms with Gasteiger partial charge in [-0.2, -0.15) is 0 Å². The van der Waals surface area contributed by atoms with Crippen LogP contribution in [0.4, 0.5) is 0 Å². The van der Waals surface area contributed by atoms with Gasteiger partial charge in [0.05, 0.1) is 18.3 Å². The zero-order valence-corrected chi connectivity index (χ0v) is 35.0. The Morgan fingerprint density at radius 2 is 1.58 bits per heavy atom. The summed E-state index contributed by atoms with van der Waals surface area (Å²) in [6.45, 7) is 17.0. The van der Waals surface area contributed by atoms with Crippen molar-refractivity contribution in [2.45, 2.75) is 129 Å². The summed E-state index contributed by atoms with van der Waals surface area (Å²) in [5, 5.41) is 2.34. The van der Waals surface area contributed by atoms with Crippen LogP contribution in [0.15, 0.2) is 96.3 Å². The first-order valence-corrected chi connectivity index (χ1v) is 24.9. The minimum atomic E-state index is -2.81. The summed E-state index contributed by atoms with van der Waals surface area (Å²) in [4.78, 5) is 14.6. The molecular weight excluding hydrogens is 677 g/mol. The van der Waals surface area contributed by atoms with Gasteiger partial charge in [-0.15, -0.1) is 0 Å². The minimum Gasteiger partial charge on any atom is -0.546 e. The topological polar surface area (TPSA) is 54.0 Å². The molecule has 2 aromatic rings. The lowest BCUT2D eigenvalue weighted by Crippen LogP contribution is -2.66. The summed E-state index contributed by atoms with van der Waals surface area (Å²) >= 11 is 0. The zero-order chi connectivity index (χ0) is 37.0. The van der Waals surface area contributed by atoms with Crippen LogP contribution in [0.3, 0.4) is 0 Å². The van der Waals surface area contributed by atoms with Gasteiger partial charge < -0.3 is 18.3 Å². The molecule has 2 heterocycles. The van der Waals surface area contributed by atoms with Crippen LogP contribution in [0.5, 0.6) is 0 Å². The van der Waals surface area contributed by atoms with E-state index in [0.29, 0.717) is 37.9 Å². The Morgan fingerprint density at radius 3 is 2.17 bits per heavy atom. The smallest absolute Gasteiger partial charge is 0.319 e. The molecule has 2 fully saturated rings. The van der Waals surface area contributed by atoms with Gasteiger partial charge in [-0.25, -0.2) is 0 Å². The van der Waals surface area contributed by atoms with Crippen LogP contribution in [0.25, 0.3) is 0 Å². The first-order valence-electron chi connectivity index (χ1n) is 20.4. The van der Waals surface area contributed by atoms with Crippen LogP contribution in [-0.4, -0.2) is 41.6 Å². The van der Waals surface area contributed by atoms with Crippen molar-refractivity contribution < 1.29 is 23.1 Å². The summed E-state index contributed by atoms with van der Waals surface area (Å²) < 4.78 is 28.3. The van der Waals surface area contributed by atoms with Gasteiger partial charge in [0.15, 0.2) is 0 Å². The van der Waals surface area contributed by atoms with Gasteiger partial charge in [0.1, 0.15) is 5.41 Å². The van der Waals surface area contributed by atoms with Crippen LogP contribution in [0, 0.1) is 23.2 Å². The van der Waals surface area contributed by atoms with Gasteiger partial charge in [0.25, 0.3) is 8.32 Å². The average molecular weight is 741 g/mol. The highest BCUT2D eigenvalue weighted by molar-refractivity contribution is 6.99. The monoisotopic (exact) mass is 740 g/mol. The molecule has 4 aliphatic rings. The first-order chi connectivity index (χ1) is 25.1. The number of carbonyl (C=O) groups is 1. The Kier molecular flexibility index (Phi) is 12.0. The molecule has 2 aromatic carbocycles. The van der Waals surface area contributed by atoms with Crippen molar-refractivity contribution in [3.8, 4) is 0 Å². The van der Waals surface area contributed by atoms with E-state index in [4.69, 9.17) is 18.3 Å². The Morgan fingerprint density at radius 1 is 0.923 bits per heavy atom. The van der Waals surface area contributed by atoms with Crippen LogP contribution < -0.4 is 10.4 Å². The number of unbranched alkanes of at least 4 members (excludes halogenated alkanes) is 3. The Balaban J connectivity index is 1.41. The van der Waals surface area contributed by atoms with Crippen molar-refractivity contribution in [2.75, 3.05) is 13.2 Å². The Labute approximate surface area is 316 Å². The number of esters is 1. The molecule has 5 bridgehead atoms. The molecule has 5 atom stereocenters. The van der Waals surface area contributed by atoms with Crippen LogP contribution in [0.2, 0.25) is 23.2 Å². The van der Waals surface area contributed by atoms with Crippen molar-refractivity contribution in [1.29, 1.82) is 0 Å². The normalized spacial score (nSPS) is 27.2. The molecule has 0 radical (unpaired) electrons. The highest BCUT2D eigenvalue weighted by Gasteiger charge is 2.71. The SMILES string of the molecule is C/C=C/CCCCC[C@H]1C=C2[C@@]3(CCO[Si](c4ccccc4)(c4ccccc4)C(C)(C)C)CC=C(O[Si](CC)(CC)CC)[C@H]4[C@@H]1CCO[C@@]24OC3=O. The maximum absolute atomic E-state index is 14.6. The summed E-state index contributed by atoms with van der Waals surface area (Å²) in [6.07, 6.45) is 17.1. The van der Waals surface area contributed by atoms with Gasteiger partial charge in [-0.05, 0) is 96.9 Å². The summed E-state index contributed by atoms with van der Waals surface area (Å²) in [5.41, 5.74) is 0.207. The van der Waals surface area contributed by atoms with Gasteiger partial charge in [0.2, 0.25) is 14.1 Å². The summed E-state index contributed by atoms with van der Waals surface area (Å²) in [6, 6.07) is 24.8. The molecule has 1 spiro atoms. The number of hydrogen-bond acceptors (Lipinski definition) is 5. The third-order valence-electron chi connectivity index (χ3n) is 13.2. The zero-order valence-electron chi connectivity index (χ0n) is 33.0. The summed E-state index contributed by atoms with van der Waals surface area (Å²) in [5.74, 6) is 0.396. The average Bonchev–Trinajstić information content (AvgIpc) is 3.33. The highest BCUT2D eigenvalue weighted by atomic mass is 28.4. The molecule has 7 heteroatoms. The van der Waals surface area contributed by atoms with Crippen molar-refractivity contribution in [2.24, 2.45) is 23.2 Å². The molecule has 0 amide bonds. The molecular formula is C45H64O5Si2. The van der Waals surface area contributed by atoms with E-state index in [1.54, 1.807) is 0 Å². The number of hydrogen-bond donors (Lipinski definition) is 0. The third-order valence-corrected chi connectivity index (χ3v) is 22.8. The molecule has 5 nitrogen and oxygen atoms in total. The van der Waals surface area contributed by atoms with Crippen LogP contribution in [-0.2, 0) is 23.1 Å². The molecule has 2 aliphatic heterocycles. The van der Waals surface area contributed by atoms with Crippen molar-refractivity contribution in [3.63, 3.8) is 0 Å². The number of benzene rings is 2. The second-order valence-electron chi connectivity index (χ2n) is 16.8. The van der Waals surface area contributed by atoms with E-state index in [9.17, 15) is 4.79 Å². The third kappa shape index (κ3) is 6.77. The standard InChI is InChI=1S/C45H64O5Si2/c1-8-12-13-14-15-18-23-35-34-40-44(31-33-48-52(43(5,6)7,36-24-19-16-20-25-36)37-26-21-17-22-27-37)30-28-39(50-51(9-2,10-3)11-4)41-38(35)29-32-47-45(40,41)49-42(44)46/h8,12,16-17,19-22,24-28,34-35,38,41H,9-11,13-15,18,23,29-33H2,1-7H3/b12-8+/t35-,38+,41+,44-,45+/m0/s1. The fourth-order valence-electron chi connectivity index (χ4n) is 10.1. The van der Waals surface area contributed by atoms with Crippen molar-refractivity contribution in [1.82, 2.24) is 0 Å². The molecule has 282 valence electrons. The minimum absolute atomic E-state index is 0.100. The number of carbonyl (C=O) groups excluding carboxylic acids is 1. The van der Waals surface area contributed by atoms with E-state index in [1.165, 1.54) is 29.6 Å². The van der Waals surface area contributed by atoms with Crippen LogP contribution >= 0.6 is 0 Å². The predicted octanol–water partition coefficient (Wildman–Crippen LogP) is 10.2. The molecule has 0 N–H and O–H groups in total. The summed E-state index contributed by atoms with van der Waals surface area (Å²) in [7, 11) is -4.83. The molecule has 52 heavy (non-hydrogen) atoms. The predicted molar refractivity (Wildman–Crippen MR) is 217 cm³/mol. The van der Waals surface area contributed by atoms with Crippen molar-refractivity contribution >= 4 is 33.0 Å². The molecule has 2 aliphatic carbocycles. The van der Waals surface area contributed by atoms with E-state index < -0.39 is 27.8 Å². The fraction of sp³-hybridized carbons (Fsp3) is 0.578. The van der Waals surface area contributed by atoms with E-state index >= 15 is 0 Å². The van der Waals surface area contributed by atoms with E-state index in [1.807, 2.05) is 0 Å². The lowest BCUT2D eigenvalue weighted by molar-refractivity contribution is -0.253. The van der Waals surface area contributed by atoms with Crippen molar-refractivity contribution in [3.05, 3.63) is 96.3 Å². The first kappa shape index (κ1) is 39.0. The Hall–Kier alpha value is -2.72. The number of rotatable bonds is 17.